The van der Waals surface area contributed by atoms with E-state index >= 15 is 0 Å². The lowest BCUT2D eigenvalue weighted by molar-refractivity contribution is 0.164. The van der Waals surface area contributed by atoms with E-state index in [1.807, 2.05) is 25.1 Å². The molecule has 0 aliphatic carbocycles. The minimum Gasteiger partial charge on any atom is -0.399 e. The van der Waals surface area contributed by atoms with Crippen molar-refractivity contribution in [2.24, 2.45) is 5.73 Å². The largest absolute Gasteiger partial charge is 0.399 e. The maximum Gasteiger partial charge on any atom is 0.0704 e. The van der Waals surface area contributed by atoms with Gasteiger partial charge in [0, 0.05) is 5.69 Å². The van der Waals surface area contributed by atoms with Gasteiger partial charge in [0.15, 0.2) is 0 Å². The van der Waals surface area contributed by atoms with Gasteiger partial charge in [0.1, 0.15) is 0 Å². The molecule has 1 aromatic carbocycles. The molecule has 1 unspecified atom stereocenters. The second-order valence-electron chi connectivity index (χ2n) is 3.38. The number of hydrogen-bond donors (Lipinski definition) is 3. The molecular formula is C10H16N2O. The molecule has 0 saturated heterocycles. The number of nitrogens with two attached hydrogens (primary N) is 2. The SMILES string of the molecule is Cc1ccc(N)cc1[C@H](N)C(C)O. The molecule has 1 rings (SSSR count). The fourth-order valence-electron chi connectivity index (χ4n) is 1.28. The van der Waals surface area contributed by atoms with Gasteiger partial charge in [-0.15, -0.1) is 0 Å². The van der Waals surface area contributed by atoms with E-state index in [1.165, 1.54) is 0 Å². The van der Waals surface area contributed by atoms with Crippen molar-refractivity contribution in [3.8, 4) is 0 Å². The number of rotatable bonds is 2. The fourth-order valence-corrected chi connectivity index (χ4v) is 1.28. The second kappa shape index (κ2) is 3.77. The van der Waals surface area contributed by atoms with E-state index in [1.54, 1.807) is 6.92 Å². The molecule has 13 heavy (non-hydrogen) atoms. The molecule has 0 radical (unpaired) electrons. The van der Waals surface area contributed by atoms with Crippen LogP contribution in [0.2, 0.25) is 0 Å². The van der Waals surface area contributed by atoms with Crippen LogP contribution in [0.4, 0.5) is 5.69 Å². The number of aliphatic hydroxyl groups is 1. The fraction of sp³-hybridized carbons (Fsp3) is 0.400. The first-order valence-electron chi connectivity index (χ1n) is 4.32. The van der Waals surface area contributed by atoms with Crippen molar-refractivity contribution in [3.05, 3.63) is 29.3 Å². The van der Waals surface area contributed by atoms with Crippen LogP contribution in [0.1, 0.15) is 24.1 Å². The highest BCUT2D eigenvalue weighted by Crippen LogP contribution is 2.20. The predicted octanol–water partition coefficient (Wildman–Crippen LogP) is 0.958. The van der Waals surface area contributed by atoms with Crippen LogP contribution < -0.4 is 11.5 Å². The Morgan fingerprint density at radius 3 is 2.54 bits per heavy atom. The molecule has 0 spiro atoms. The van der Waals surface area contributed by atoms with Crippen LogP contribution in [0.3, 0.4) is 0 Å². The monoisotopic (exact) mass is 180 g/mol. The Morgan fingerprint density at radius 1 is 1.38 bits per heavy atom. The lowest BCUT2D eigenvalue weighted by atomic mass is 9.98. The highest BCUT2D eigenvalue weighted by molar-refractivity contribution is 5.45. The van der Waals surface area contributed by atoms with Crippen LogP contribution in [0, 0.1) is 6.92 Å². The van der Waals surface area contributed by atoms with Gasteiger partial charge in [0.05, 0.1) is 12.1 Å². The summed E-state index contributed by atoms with van der Waals surface area (Å²) in [6.07, 6.45) is -0.555. The summed E-state index contributed by atoms with van der Waals surface area (Å²) in [6, 6.07) is 5.19. The molecule has 2 atom stereocenters. The minimum absolute atomic E-state index is 0.358. The van der Waals surface area contributed by atoms with Crippen molar-refractivity contribution < 1.29 is 5.11 Å². The Kier molecular flexibility index (Phi) is 2.90. The van der Waals surface area contributed by atoms with Gasteiger partial charge >= 0.3 is 0 Å². The van der Waals surface area contributed by atoms with Gasteiger partial charge < -0.3 is 16.6 Å². The molecule has 0 amide bonds. The van der Waals surface area contributed by atoms with E-state index in [9.17, 15) is 5.11 Å². The summed E-state index contributed by atoms with van der Waals surface area (Å²) in [5, 5.41) is 9.32. The van der Waals surface area contributed by atoms with Gasteiger partial charge in [0.25, 0.3) is 0 Å². The third kappa shape index (κ3) is 2.20. The maximum absolute atomic E-state index is 9.32. The van der Waals surface area contributed by atoms with Crippen LogP contribution in [-0.2, 0) is 0 Å². The molecular weight excluding hydrogens is 164 g/mol. The summed E-state index contributed by atoms with van der Waals surface area (Å²) >= 11 is 0. The van der Waals surface area contributed by atoms with Crippen molar-refractivity contribution in [3.63, 3.8) is 0 Å². The molecule has 0 bridgehead atoms. The average molecular weight is 180 g/mol. The van der Waals surface area contributed by atoms with Gasteiger partial charge in [0.2, 0.25) is 0 Å². The Balaban J connectivity index is 3.05. The number of benzene rings is 1. The molecule has 3 heteroatoms. The maximum atomic E-state index is 9.32. The number of hydrogen-bond acceptors (Lipinski definition) is 3. The lowest BCUT2D eigenvalue weighted by Crippen LogP contribution is -2.24. The summed E-state index contributed by atoms with van der Waals surface area (Å²) in [5.41, 5.74) is 14.1. The Labute approximate surface area is 78.4 Å². The highest BCUT2D eigenvalue weighted by Gasteiger charge is 2.13. The summed E-state index contributed by atoms with van der Waals surface area (Å²) in [4.78, 5) is 0. The zero-order valence-electron chi connectivity index (χ0n) is 7.99. The van der Waals surface area contributed by atoms with Crippen LogP contribution in [0.25, 0.3) is 0 Å². The molecule has 5 N–H and O–H groups in total. The van der Waals surface area contributed by atoms with Gasteiger partial charge in [-0.05, 0) is 37.1 Å². The van der Waals surface area contributed by atoms with Gasteiger partial charge in [-0.2, -0.15) is 0 Å². The van der Waals surface area contributed by atoms with Crippen molar-refractivity contribution in [2.45, 2.75) is 26.0 Å². The van der Waals surface area contributed by atoms with E-state index in [2.05, 4.69) is 0 Å². The topological polar surface area (TPSA) is 72.3 Å². The Morgan fingerprint density at radius 2 is 2.00 bits per heavy atom. The molecule has 0 heterocycles. The number of nitrogen functional groups attached to an aromatic ring is 1. The second-order valence-corrected chi connectivity index (χ2v) is 3.38. The van der Waals surface area contributed by atoms with Crippen molar-refractivity contribution in [1.82, 2.24) is 0 Å². The number of aliphatic hydroxyl groups excluding tert-OH is 1. The molecule has 0 aliphatic heterocycles. The van der Waals surface area contributed by atoms with Gasteiger partial charge in [-0.3, -0.25) is 0 Å². The molecule has 0 saturated carbocycles. The smallest absolute Gasteiger partial charge is 0.0704 e. The first-order chi connectivity index (χ1) is 6.02. The van der Waals surface area contributed by atoms with E-state index in [-0.39, 0.29) is 6.04 Å². The molecule has 0 fully saturated rings. The van der Waals surface area contributed by atoms with E-state index in [0.29, 0.717) is 5.69 Å². The average Bonchev–Trinajstić information content (AvgIpc) is 2.08. The molecule has 0 aliphatic rings. The highest BCUT2D eigenvalue weighted by atomic mass is 16.3. The zero-order valence-corrected chi connectivity index (χ0v) is 7.99. The van der Waals surface area contributed by atoms with E-state index in [4.69, 9.17) is 11.5 Å². The first kappa shape index (κ1) is 10.0. The first-order valence-corrected chi connectivity index (χ1v) is 4.32. The van der Waals surface area contributed by atoms with Crippen molar-refractivity contribution in [2.75, 3.05) is 5.73 Å². The van der Waals surface area contributed by atoms with Crippen LogP contribution >= 0.6 is 0 Å². The molecule has 72 valence electrons. The Bertz CT molecular complexity index is 297. The van der Waals surface area contributed by atoms with Gasteiger partial charge in [-0.1, -0.05) is 6.07 Å². The summed E-state index contributed by atoms with van der Waals surface area (Å²) in [6.45, 7) is 3.63. The summed E-state index contributed by atoms with van der Waals surface area (Å²) in [5.74, 6) is 0. The normalized spacial score (nSPS) is 15.4. The Hall–Kier alpha value is -1.06. The third-order valence-corrected chi connectivity index (χ3v) is 2.18. The lowest BCUT2D eigenvalue weighted by Gasteiger charge is -2.17. The van der Waals surface area contributed by atoms with Crippen molar-refractivity contribution >= 4 is 5.69 Å². The van der Waals surface area contributed by atoms with Crippen molar-refractivity contribution in [1.29, 1.82) is 0 Å². The van der Waals surface area contributed by atoms with E-state index in [0.717, 1.165) is 11.1 Å². The van der Waals surface area contributed by atoms with Crippen LogP contribution in [0.5, 0.6) is 0 Å². The number of anilines is 1. The predicted molar refractivity (Wildman–Crippen MR) is 54.2 cm³/mol. The molecule has 3 nitrogen and oxygen atoms in total. The molecule has 0 aromatic heterocycles. The minimum atomic E-state index is -0.555. The van der Waals surface area contributed by atoms with Gasteiger partial charge in [-0.25, -0.2) is 0 Å². The number of aryl methyl sites for hydroxylation is 1. The summed E-state index contributed by atoms with van der Waals surface area (Å²) < 4.78 is 0. The summed E-state index contributed by atoms with van der Waals surface area (Å²) in [7, 11) is 0. The standard InChI is InChI=1S/C10H16N2O/c1-6-3-4-8(11)5-9(6)10(12)7(2)13/h3-5,7,10,13H,11-12H2,1-2H3/t7?,10-/m1/s1. The third-order valence-electron chi connectivity index (χ3n) is 2.18. The van der Waals surface area contributed by atoms with E-state index < -0.39 is 6.10 Å². The van der Waals surface area contributed by atoms with Crippen LogP contribution in [0.15, 0.2) is 18.2 Å². The zero-order chi connectivity index (χ0) is 10.0. The molecule has 1 aromatic rings. The van der Waals surface area contributed by atoms with Crippen LogP contribution in [-0.4, -0.2) is 11.2 Å². The quantitative estimate of drug-likeness (QED) is 0.593.